The molecule has 16 heavy (non-hydrogen) atoms. The second-order valence-electron chi connectivity index (χ2n) is 3.42. The fourth-order valence-corrected chi connectivity index (χ4v) is 3.18. The third kappa shape index (κ3) is 1.44. The van der Waals surface area contributed by atoms with Gasteiger partial charge in [-0.25, -0.2) is 0 Å². The van der Waals surface area contributed by atoms with Crippen molar-refractivity contribution in [2.45, 2.75) is 6.92 Å². The van der Waals surface area contributed by atoms with E-state index in [2.05, 4.69) is 22.0 Å². The van der Waals surface area contributed by atoms with E-state index >= 15 is 0 Å². The lowest BCUT2D eigenvalue weighted by Gasteiger charge is -2.13. The summed E-state index contributed by atoms with van der Waals surface area (Å²) >= 11 is 0. The van der Waals surface area contributed by atoms with Crippen LogP contribution in [0.4, 0.5) is 0 Å². The molecule has 1 atom stereocenters. The Hall–Kier alpha value is -1.61. The molecule has 1 aromatic carbocycles. The number of aromatic amines is 1. The molecule has 0 saturated heterocycles. The van der Waals surface area contributed by atoms with Crippen molar-refractivity contribution in [2.24, 2.45) is 0 Å². The van der Waals surface area contributed by atoms with E-state index in [1.807, 2.05) is 0 Å². The molecule has 1 aromatic heterocycles. The van der Waals surface area contributed by atoms with Crippen LogP contribution in [0, 0.1) is 0 Å². The fourth-order valence-electron chi connectivity index (χ4n) is 1.59. The number of hydrogen-bond acceptors (Lipinski definition) is 4. The second-order valence-corrected chi connectivity index (χ2v) is 6.49. The van der Waals surface area contributed by atoms with Gasteiger partial charge in [0.1, 0.15) is 12.7 Å². The van der Waals surface area contributed by atoms with Crippen molar-refractivity contribution < 1.29 is 9.67 Å². The summed E-state index contributed by atoms with van der Waals surface area (Å²) in [6.45, 7) is 5.37. The normalized spacial score (nSPS) is 14.8. The first-order chi connectivity index (χ1) is 7.62. The minimum Gasteiger partial charge on any atom is -0.505 e. The maximum absolute atomic E-state index is 12.4. The number of H-pyrrole nitrogens is 1. The van der Waals surface area contributed by atoms with Gasteiger partial charge in [-0.05, 0) is 17.9 Å². The predicted octanol–water partition coefficient (Wildman–Crippen LogP) is 1.82. The van der Waals surface area contributed by atoms with E-state index in [1.165, 1.54) is 5.82 Å². The number of phenolic OH excluding ortho intramolecular Hbond substituents is 1. The summed E-state index contributed by atoms with van der Waals surface area (Å²) in [7, 11) is -2.72. The Morgan fingerprint density at radius 2 is 2.31 bits per heavy atom. The maximum atomic E-state index is 12.4. The van der Waals surface area contributed by atoms with E-state index < -0.39 is 7.14 Å². The molecule has 1 unspecified atom stereocenters. The van der Waals surface area contributed by atoms with Crippen LogP contribution in [0.1, 0.15) is 6.92 Å². The standard InChI is InChI=1S/C10H12N3O2P/c1-3-16(15,4-2)8-6-5-7-9(10(8)14)12-13-11-7/h3,5-6,14H,1,4H2,2H3,(H,11,12,13). The average Bonchev–Trinajstić information content (AvgIpc) is 2.77. The quantitative estimate of drug-likeness (QED) is 0.798. The maximum Gasteiger partial charge on any atom is 0.156 e. The molecule has 6 heteroatoms. The molecule has 0 amide bonds. The summed E-state index contributed by atoms with van der Waals surface area (Å²) < 4.78 is 12.4. The number of aromatic nitrogens is 3. The minimum atomic E-state index is -2.72. The van der Waals surface area contributed by atoms with E-state index in [-0.39, 0.29) is 5.75 Å². The van der Waals surface area contributed by atoms with Gasteiger partial charge >= 0.3 is 0 Å². The molecule has 0 radical (unpaired) electrons. The summed E-state index contributed by atoms with van der Waals surface area (Å²) in [5.74, 6) is 1.34. The molecule has 0 bridgehead atoms. The van der Waals surface area contributed by atoms with E-state index in [1.54, 1.807) is 19.1 Å². The second kappa shape index (κ2) is 3.76. The highest BCUT2D eigenvalue weighted by Gasteiger charge is 2.24. The van der Waals surface area contributed by atoms with Gasteiger partial charge < -0.3 is 9.67 Å². The number of nitrogens with zero attached hydrogens (tertiary/aromatic N) is 2. The van der Waals surface area contributed by atoms with Crippen LogP contribution < -0.4 is 5.30 Å². The number of benzene rings is 1. The zero-order valence-corrected chi connectivity index (χ0v) is 9.74. The number of nitrogens with one attached hydrogen (secondary N) is 1. The van der Waals surface area contributed by atoms with Crippen molar-refractivity contribution in [2.75, 3.05) is 6.16 Å². The highest BCUT2D eigenvalue weighted by molar-refractivity contribution is 7.74. The van der Waals surface area contributed by atoms with Crippen LogP contribution >= 0.6 is 7.14 Å². The van der Waals surface area contributed by atoms with Gasteiger partial charge in [0.25, 0.3) is 0 Å². The average molecular weight is 237 g/mol. The van der Waals surface area contributed by atoms with Gasteiger partial charge in [0.2, 0.25) is 0 Å². The van der Waals surface area contributed by atoms with Gasteiger partial charge in [-0.2, -0.15) is 15.4 Å². The topological polar surface area (TPSA) is 78.9 Å². The number of fused-ring (bicyclic) bond motifs is 1. The molecule has 84 valence electrons. The van der Waals surface area contributed by atoms with E-state index in [9.17, 15) is 9.67 Å². The van der Waals surface area contributed by atoms with E-state index in [4.69, 9.17) is 0 Å². The van der Waals surface area contributed by atoms with Gasteiger partial charge in [-0.15, -0.1) is 0 Å². The van der Waals surface area contributed by atoms with Crippen LogP contribution in [-0.2, 0) is 4.57 Å². The van der Waals surface area contributed by atoms with Crippen LogP contribution in [0.25, 0.3) is 11.0 Å². The number of aromatic hydroxyl groups is 1. The molecule has 1 heterocycles. The molecular weight excluding hydrogens is 225 g/mol. The monoisotopic (exact) mass is 237 g/mol. The SMILES string of the molecule is C=CP(=O)(CC)c1ccc2n[nH]nc2c1O. The molecule has 0 fully saturated rings. The summed E-state index contributed by atoms with van der Waals surface area (Å²) in [5, 5.41) is 20.5. The Labute approximate surface area is 92.6 Å². The lowest BCUT2D eigenvalue weighted by atomic mass is 10.3. The Bertz CT molecular complexity index is 591. The van der Waals surface area contributed by atoms with Gasteiger partial charge in [0.15, 0.2) is 11.3 Å². The van der Waals surface area contributed by atoms with Crippen LogP contribution in [0.2, 0.25) is 0 Å². The van der Waals surface area contributed by atoms with Crippen LogP contribution in [-0.4, -0.2) is 26.7 Å². The molecule has 2 rings (SSSR count). The first-order valence-corrected chi connectivity index (χ1v) is 6.84. The Kier molecular flexibility index (Phi) is 2.56. The van der Waals surface area contributed by atoms with Gasteiger partial charge in [0.05, 0.1) is 5.30 Å². The third-order valence-corrected chi connectivity index (χ3v) is 5.32. The molecular formula is C10H12N3O2P. The van der Waals surface area contributed by atoms with Crippen molar-refractivity contribution >= 4 is 23.5 Å². The van der Waals surface area contributed by atoms with Crippen molar-refractivity contribution in [3.63, 3.8) is 0 Å². The van der Waals surface area contributed by atoms with E-state index in [0.29, 0.717) is 22.5 Å². The molecule has 0 saturated carbocycles. The van der Waals surface area contributed by atoms with Gasteiger partial charge in [-0.1, -0.05) is 13.5 Å². The number of hydrogen-bond donors (Lipinski definition) is 2. The summed E-state index contributed by atoms with van der Waals surface area (Å²) in [6, 6.07) is 3.30. The van der Waals surface area contributed by atoms with Crippen LogP contribution in [0.5, 0.6) is 5.75 Å². The van der Waals surface area contributed by atoms with Crippen molar-refractivity contribution in [1.29, 1.82) is 0 Å². The van der Waals surface area contributed by atoms with Crippen molar-refractivity contribution in [3.8, 4) is 5.75 Å². The highest BCUT2D eigenvalue weighted by atomic mass is 31.2. The molecule has 2 N–H and O–H groups in total. The van der Waals surface area contributed by atoms with Crippen molar-refractivity contribution in [3.05, 3.63) is 24.5 Å². The van der Waals surface area contributed by atoms with Crippen molar-refractivity contribution in [1.82, 2.24) is 15.4 Å². The molecule has 5 nitrogen and oxygen atoms in total. The zero-order chi connectivity index (χ0) is 11.8. The molecule has 0 aliphatic heterocycles. The first kappa shape index (κ1) is 10.9. The van der Waals surface area contributed by atoms with Gasteiger partial charge in [-0.3, -0.25) is 0 Å². The Morgan fingerprint density at radius 1 is 1.56 bits per heavy atom. The first-order valence-electron chi connectivity index (χ1n) is 4.87. The summed E-state index contributed by atoms with van der Waals surface area (Å²) in [6.07, 6.45) is 0.424. The lowest BCUT2D eigenvalue weighted by Crippen LogP contribution is -2.05. The Balaban J connectivity index is 2.74. The smallest absolute Gasteiger partial charge is 0.156 e. The third-order valence-electron chi connectivity index (χ3n) is 2.61. The molecule has 0 spiro atoms. The van der Waals surface area contributed by atoms with E-state index in [0.717, 1.165) is 0 Å². The fraction of sp³-hybridized carbons (Fsp3) is 0.200. The predicted molar refractivity (Wildman–Crippen MR) is 63.5 cm³/mol. The van der Waals surface area contributed by atoms with Gasteiger partial charge in [0, 0.05) is 6.16 Å². The zero-order valence-electron chi connectivity index (χ0n) is 8.84. The largest absolute Gasteiger partial charge is 0.505 e. The summed E-state index contributed by atoms with van der Waals surface area (Å²) in [5.41, 5.74) is 0.890. The van der Waals surface area contributed by atoms with Crippen LogP contribution in [0.3, 0.4) is 0 Å². The number of phenols is 1. The highest BCUT2D eigenvalue weighted by Crippen LogP contribution is 2.48. The molecule has 2 aromatic rings. The molecule has 0 aliphatic carbocycles. The number of rotatable bonds is 3. The summed E-state index contributed by atoms with van der Waals surface area (Å²) in [4.78, 5) is 0. The minimum absolute atomic E-state index is 0.0728. The molecule has 0 aliphatic rings. The van der Waals surface area contributed by atoms with Crippen LogP contribution in [0.15, 0.2) is 24.5 Å². The lowest BCUT2D eigenvalue weighted by molar-refractivity contribution is 0.483. The Morgan fingerprint density at radius 3 is 2.94 bits per heavy atom.